The summed E-state index contributed by atoms with van der Waals surface area (Å²) in [6, 6.07) is 17.7. The molecule has 2 heterocycles. The minimum atomic E-state index is -0.886. The van der Waals surface area contributed by atoms with Crippen molar-refractivity contribution >= 4 is 11.8 Å². The summed E-state index contributed by atoms with van der Waals surface area (Å²) in [6.07, 6.45) is 9.11. The third-order valence-electron chi connectivity index (χ3n) is 7.83. The molecule has 9 heteroatoms. The monoisotopic (exact) mass is 585 g/mol. The van der Waals surface area contributed by atoms with Crippen LogP contribution < -0.4 is 11.1 Å². The molecule has 228 valence electrons. The van der Waals surface area contributed by atoms with Crippen molar-refractivity contribution in [1.29, 1.82) is 0 Å². The predicted molar refractivity (Wildman–Crippen MR) is 167 cm³/mol. The first-order chi connectivity index (χ1) is 20.7. The molecule has 5 atom stereocenters. The lowest BCUT2D eigenvalue weighted by atomic mass is 9.83. The molecule has 1 fully saturated rings. The molecule has 0 unspecified atom stereocenters. The molecule has 2 amide bonds. The zero-order valence-electron chi connectivity index (χ0n) is 25.2. The standard InChI is InChI=1S/C34H43N5O4/c1-24(35)32(41)38-30(25(2)43-22-26-10-5-4-6-11-26)33(42)39-19-8-14-29(39)15-16-34(3,23-40)21-27-12-7-13-28(20-27)31-36-17-9-18-37-31/h4-7,9-13,15-18,20,24-25,29-30,40H,8,14,19,21-23,35H2,1-3H3,(H,38,41)/b16-15+/t24-,25+,29-,30-,34-/m0/s1. The van der Waals surface area contributed by atoms with Crippen LogP contribution in [0.3, 0.4) is 0 Å². The van der Waals surface area contributed by atoms with Crippen molar-refractivity contribution in [3.05, 3.63) is 96.3 Å². The average molecular weight is 586 g/mol. The lowest BCUT2D eigenvalue weighted by molar-refractivity contribution is -0.141. The molecule has 4 N–H and O–H groups in total. The third-order valence-corrected chi connectivity index (χ3v) is 7.83. The number of ether oxygens (including phenoxy) is 1. The van der Waals surface area contributed by atoms with Crippen LogP contribution in [0, 0.1) is 5.41 Å². The Hall–Kier alpha value is -3.92. The van der Waals surface area contributed by atoms with E-state index in [0.29, 0.717) is 25.4 Å². The Morgan fingerprint density at radius 1 is 1.12 bits per heavy atom. The van der Waals surface area contributed by atoms with E-state index >= 15 is 0 Å². The Morgan fingerprint density at radius 2 is 1.84 bits per heavy atom. The first-order valence-corrected chi connectivity index (χ1v) is 14.9. The fourth-order valence-electron chi connectivity index (χ4n) is 5.25. The maximum Gasteiger partial charge on any atom is 0.248 e. The maximum absolute atomic E-state index is 13.9. The fraction of sp³-hybridized carbons (Fsp3) is 0.412. The molecule has 1 aromatic heterocycles. The highest BCUT2D eigenvalue weighted by Gasteiger charge is 2.37. The van der Waals surface area contributed by atoms with Gasteiger partial charge in [-0.1, -0.05) is 67.6 Å². The highest BCUT2D eigenvalue weighted by molar-refractivity contribution is 5.90. The Kier molecular flexibility index (Phi) is 11.2. The van der Waals surface area contributed by atoms with Gasteiger partial charge in [-0.3, -0.25) is 9.59 Å². The van der Waals surface area contributed by atoms with Crippen LogP contribution in [-0.2, 0) is 27.4 Å². The van der Waals surface area contributed by atoms with Crippen LogP contribution in [0.1, 0.15) is 44.7 Å². The third kappa shape index (κ3) is 8.79. The van der Waals surface area contributed by atoms with Gasteiger partial charge in [0.1, 0.15) is 6.04 Å². The number of carbonyl (C=O) groups excluding carboxylic acids is 2. The first-order valence-electron chi connectivity index (χ1n) is 14.9. The maximum atomic E-state index is 13.9. The molecule has 1 aliphatic heterocycles. The number of nitrogens with zero attached hydrogens (tertiary/aromatic N) is 3. The topological polar surface area (TPSA) is 131 Å². The quantitative estimate of drug-likeness (QED) is 0.261. The second-order valence-corrected chi connectivity index (χ2v) is 11.6. The smallest absolute Gasteiger partial charge is 0.248 e. The van der Waals surface area contributed by atoms with Crippen molar-refractivity contribution in [2.45, 2.75) is 70.9 Å². The van der Waals surface area contributed by atoms with Gasteiger partial charge >= 0.3 is 0 Å². The lowest BCUT2D eigenvalue weighted by Crippen LogP contribution is -2.57. The number of aliphatic hydroxyl groups is 1. The van der Waals surface area contributed by atoms with E-state index in [1.807, 2.05) is 73.7 Å². The number of aromatic nitrogens is 2. The van der Waals surface area contributed by atoms with Crippen LogP contribution in [0.25, 0.3) is 11.4 Å². The van der Waals surface area contributed by atoms with Crippen LogP contribution in [0.2, 0.25) is 0 Å². The van der Waals surface area contributed by atoms with Crippen molar-refractivity contribution in [1.82, 2.24) is 20.2 Å². The van der Waals surface area contributed by atoms with Crippen molar-refractivity contribution in [3.8, 4) is 11.4 Å². The van der Waals surface area contributed by atoms with E-state index in [9.17, 15) is 14.7 Å². The lowest BCUT2D eigenvalue weighted by Gasteiger charge is -2.32. The molecule has 9 nitrogen and oxygen atoms in total. The summed E-state index contributed by atoms with van der Waals surface area (Å²) in [6.45, 7) is 6.21. The Labute approximate surface area is 254 Å². The number of hydrogen-bond donors (Lipinski definition) is 3. The molecule has 0 saturated carbocycles. The van der Waals surface area contributed by atoms with Crippen molar-refractivity contribution < 1.29 is 19.4 Å². The molecular formula is C34H43N5O4. The molecular weight excluding hydrogens is 542 g/mol. The van der Waals surface area contributed by atoms with Gasteiger partial charge in [-0.2, -0.15) is 0 Å². The van der Waals surface area contributed by atoms with Gasteiger partial charge in [0, 0.05) is 29.9 Å². The van der Waals surface area contributed by atoms with Gasteiger partial charge in [0.2, 0.25) is 11.8 Å². The predicted octanol–water partition coefficient (Wildman–Crippen LogP) is 3.67. The highest BCUT2D eigenvalue weighted by atomic mass is 16.5. The normalized spacial score (nSPS) is 18.6. The number of nitrogens with two attached hydrogens (primary N) is 1. The summed E-state index contributed by atoms with van der Waals surface area (Å²) >= 11 is 0. The number of amides is 2. The Balaban J connectivity index is 1.47. The largest absolute Gasteiger partial charge is 0.395 e. The number of carbonyl (C=O) groups is 2. The van der Waals surface area contributed by atoms with E-state index in [2.05, 4.69) is 15.3 Å². The van der Waals surface area contributed by atoms with Crippen molar-refractivity contribution in [3.63, 3.8) is 0 Å². The summed E-state index contributed by atoms with van der Waals surface area (Å²) in [5.74, 6) is 0.0390. The van der Waals surface area contributed by atoms with Crippen LogP contribution >= 0.6 is 0 Å². The van der Waals surface area contributed by atoms with Gasteiger partial charge in [0.15, 0.2) is 5.82 Å². The van der Waals surface area contributed by atoms with Gasteiger partial charge < -0.3 is 25.8 Å². The molecule has 0 radical (unpaired) electrons. The molecule has 4 rings (SSSR count). The zero-order chi connectivity index (χ0) is 30.8. The van der Waals surface area contributed by atoms with E-state index in [0.717, 1.165) is 29.5 Å². The summed E-state index contributed by atoms with van der Waals surface area (Å²) in [5, 5.41) is 13.2. The molecule has 0 aliphatic carbocycles. The number of hydrogen-bond acceptors (Lipinski definition) is 7. The van der Waals surface area contributed by atoms with Crippen LogP contribution in [0.4, 0.5) is 0 Å². The number of rotatable bonds is 13. The molecule has 3 aromatic rings. The van der Waals surface area contributed by atoms with Gasteiger partial charge in [0.25, 0.3) is 0 Å². The van der Waals surface area contributed by atoms with E-state index in [1.165, 1.54) is 0 Å². The molecule has 1 saturated heterocycles. The molecule has 2 aromatic carbocycles. The minimum absolute atomic E-state index is 0.0618. The summed E-state index contributed by atoms with van der Waals surface area (Å²) < 4.78 is 6.06. The number of benzene rings is 2. The number of aliphatic hydroxyl groups excluding tert-OH is 1. The van der Waals surface area contributed by atoms with Crippen LogP contribution in [-0.4, -0.2) is 69.2 Å². The first kappa shape index (κ1) is 32.0. The summed E-state index contributed by atoms with van der Waals surface area (Å²) in [7, 11) is 0. The highest BCUT2D eigenvalue weighted by Crippen LogP contribution is 2.28. The molecule has 1 aliphatic rings. The van der Waals surface area contributed by atoms with E-state index in [1.54, 1.807) is 37.2 Å². The zero-order valence-corrected chi connectivity index (χ0v) is 25.2. The average Bonchev–Trinajstić information content (AvgIpc) is 3.51. The Morgan fingerprint density at radius 3 is 2.53 bits per heavy atom. The van der Waals surface area contributed by atoms with Gasteiger partial charge in [-0.25, -0.2) is 9.97 Å². The summed E-state index contributed by atoms with van der Waals surface area (Å²) in [5.41, 5.74) is 8.22. The van der Waals surface area contributed by atoms with E-state index in [-0.39, 0.29) is 18.6 Å². The molecule has 43 heavy (non-hydrogen) atoms. The van der Waals surface area contributed by atoms with E-state index < -0.39 is 29.5 Å². The minimum Gasteiger partial charge on any atom is -0.395 e. The van der Waals surface area contributed by atoms with Crippen molar-refractivity contribution in [2.75, 3.05) is 13.2 Å². The second kappa shape index (κ2) is 15.0. The van der Waals surface area contributed by atoms with Gasteiger partial charge in [0.05, 0.1) is 31.4 Å². The second-order valence-electron chi connectivity index (χ2n) is 11.6. The van der Waals surface area contributed by atoms with Crippen molar-refractivity contribution in [2.24, 2.45) is 11.1 Å². The SMILES string of the molecule is C[C@H](N)C(=O)N[C@H](C(=O)N1CCC[C@H]1/C=C/[C@](C)(CO)Cc1cccc(-c2ncccn2)c1)[C@@H](C)OCc1ccccc1. The van der Waals surface area contributed by atoms with E-state index in [4.69, 9.17) is 10.5 Å². The Bertz CT molecular complexity index is 1370. The number of nitrogens with one attached hydrogen (secondary N) is 1. The number of likely N-dealkylation sites (tertiary alicyclic amines) is 1. The summed E-state index contributed by atoms with van der Waals surface area (Å²) in [4.78, 5) is 37.0. The molecule has 0 bridgehead atoms. The fourth-order valence-corrected chi connectivity index (χ4v) is 5.25. The van der Waals surface area contributed by atoms with Crippen LogP contribution in [0.15, 0.2) is 85.2 Å². The van der Waals surface area contributed by atoms with Gasteiger partial charge in [-0.05, 0) is 56.4 Å². The molecule has 0 spiro atoms. The van der Waals surface area contributed by atoms with Crippen LogP contribution in [0.5, 0.6) is 0 Å². The van der Waals surface area contributed by atoms with Gasteiger partial charge in [-0.15, -0.1) is 0 Å².